The van der Waals surface area contributed by atoms with Gasteiger partial charge in [0.05, 0.1) is 12.6 Å². The van der Waals surface area contributed by atoms with Crippen molar-refractivity contribution in [1.29, 1.82) is 5.53 Å². The molecule has 0 spiro atoms. The predicted octanol–water partition coefficient (Wildman–Crippen LogP) is 4.01. The third kappa shape index (κ3) is 4.05. The Kier molecular flexibility index (Phi) is 6.11. The lowest BCUT2D eigenvalue weighted by Crippen LogP contribution is -2.48. The number of nitroso groups, excluding NO2 is 1. The molecular weight excluding hydrogens is 340 g/mol. The van der Waals surface area contributed by atoms with Crippen molar-refractivity contribution in [2.24, 2.45) is 31.5 Å². The van der Waals surface area contributed by atoms with E-state index in [1.54, 1.807) is 11.8 Å². The number of nitrogens with zero attached hydrogens (tertiary/aromatic N) is 6. The molecule has 0 saturated heterocycles. The summed E-state index contributed by atoms with van der Waals surface area (Å²) < 4.78 is 0. The molecular formula is C15H24N8OS. The maximum absolute atomic E-state index is 10.2. The van der Waals surface area contributed by atoms with Crippen LogP contribution in [0.15, 0.2) is 37.1 Å². The molecule has 3 rings (SSSR count). The van der Waals surface area contributed by atoms with Crippen molar-refractivity contribution in [3.8, 4) is 0 Å². The first-order chi connectivity index (χ1) is 12.3. The minimum absolute atomic E-state index is 0.179. The van der Waals surface area contributed by atoms with Gasteiger partial charge >= 0.3 is 0 Å². The summed E-state index contributed by atoms with van der Waals surface area (Å²) in [6, 6.07) is 0.315. The molecule has 0 radical (unpaired) electrons. The number of hydrogen-bond donors (Lipinski definition) is 2. The van der Waals surface area contributed by atoms with Gasteiger partial charge in [0.25, 0.3) is 0 Å². The Hall–Kier alpha value is -1.84. The van der Waals surface area contributed by atoms with Crippen molar-refractivity contribution in [2.45, 2.75) is 57.7 Å². The number of aliphatic imine (C=N–C) groups is 1. The van der Waals surface area contributed by atoms with Crippen molar-refractivity contribution >= 4 is 16.9 Å². The fourth-order valence-electron chi connectivity index (χ4n) is 3.57. The predicted molar refractivity (Wildman–Crippen MR) is 97.0 cm³/mol. The summed E-state index contributed by atoms with van der Waals surface area (Å²) in [5, 5.41) is 21.3. The molecule has 0 bridgehead atoms. The fraction of sp³-hybridized carbons (Fsp3) is 0.800. The highest BCUT2D eigenvalue weighted by Gasteiger charge is 2.40. The van der Waals surface area contributed by atoms with Crippen molar-refractivity contribution in [2.75, 3.05) is 12.3 Å². The molecule has 2 N–H and O–H groups in total. The molecule has 3 aliphatic rings. The number of rotatable bonds is 8. The third-order valence-electron chi connectivity index (χ3n) is 4.77. The smallest absolute Gasteiger partial charge is 0.204 e. The lowest BCUT2D eigenvalue weighted by Gasteiger charge is -2.31. The van der Waals surface area contributed by atoms with Crippen LogP contribution in [0, 0.1) is 16.4 Å². The molecule has 0 aromatic rings. The average molecular weight is 364 g/mol. The Morgan fingerprint density at radius 2 is 2.32 bits per heavy atom. The average Bonchev–Trinajstić information content (AvgIpc) is 3.26. The minimum Gasteiger partial charge on any atom is -0.338 e. The van der Waals surface area contributed by atoms with Gasteiger partial charge in [-0.2, -0.15) is 4.91 Å². The van der Waals surface area contributed by atoms with Crippen LogP contribution < -0.4 is 5.32 Å². The van der Waals surface area contributed by atoms with Gasteiger partial charge in [0.1, 0.15) is 0 Å². The number of nitrogens with one attached hydrogen (secondary N) is 2. The Labute approximate surface area is 151 Å². The van der Waals surface area contributed by atoms with Gasteiger partial charge in [0.2, 0.25) is 5.82 Å². The Morgan fingerprint density at radius 1 is 1.44 bits per heavy atom. The van der Waals surface area contributed by atoms with E-state index in [9.17, 15) is 4.91 Å². The Balaban J connectivity index is 1.65. The zero-order valence-corrected chi connectivity index (χ0v) is 15.2. The van der Waals surface area contributed by atoms with E-state index in [1.807, 2.05) is 5.01 Å². The highest BCUT2D eigenvalue weighted by atomic mass is 32.2. The van der Waals surface area contributed by atoms with Crippen molar-refractivity contribution < 1.29 is 0 Å². The van der Waals surface area contributed by atoms with Crippen molar-refractivity contribution in [3.63, 3.8) is 0 Å². The Morgan fingerprint density at radius 3 is 3.08 bits per heavy atom. The standard InChI is InChI=1S/C15H24N8OS/c1-2-8-25-15-18-13(20-16)12-14(19-15)23(22-21-12)11-6-5-10(9-11)4-3-7-17-24/h10-11,14,16H,2-9H2,1H3,(H,18,19)/t10-,11+,14?/m1/s1. The summed E-state index contributed by atoms with van der Waals surface area (Å²) in [7, 11) is 0. The zero-order valence-electron chi connectivity index (χ0n) is 14.4. The second kappa shape index (κ2) is 8.50. The highest BCUT2D eigenvalue weighted by molar-refractivity contribution is 8.13. The molecule has 3 atom stereocenters. The first-order valence-electron chi connectivity index (χ1n) is 8.85. The molecule has 0 amide bonds. The van der Waals surface area contributed by atoms with E-state index < -0.39 is 0 Å². The molecule has 136 valence electrons. The second-order valence-electron chi connectivity index (χ2n) is 6.53. The maximum Gasteiger partial charge on any atom is 0.204 e. The summed E-state index contributed by atoms with van der Waals surface area (Å²) in [5.74, 6) is 1.92. The first kappa shape index (κ1) is 18.0. The maximum atomic E-state index is 10.2. The minimum atomic E-state index is -0.179. The number of fused-ring (bicyclic) bond motifs is 1. The normalized spacial score (nSPS) is 28.0. The molecule has 1 saturated carbocycles. The van der Waals surface area contributed by atoms with Crippen molar-refractivity contribution in [3.05, 3.63) is 16.4 Å². The van der Waals surface area contributed by atoms with Gasteiger partial charge in [-0.05, 0) is 44.4 Å². The van der Waals surface area contributed by atoms with E-state index in [2.05, 4.69) is 37.9 Å². The van der Waals surface area contributed by atoms with E-state index in [4.69, 9.17) is 5.53 Å². The van der Waals surface area contributed by atoms with Gasteiger partial charge in [0.15, 0.2) is 17.0 Å². The van der Waals surface area contributed by atoms with E-state index in [0.29, 0.717) is 30.0 Å². The monoisotopic (exact) mass is 364 g/mol. The highest BCUT2D eigenvalue weighted by Crippen LogP contribution is 2.38. The lowest BCUT2D eigenvalue weighted by atomic mass is 10.0. The SMILES string of the molecule is CCCSC1=NC(N=N)=C2N=NN([C@H]3CC[C@@H](CCCN=O)C3)C2N1. The van der Waals surface area contributed by atoms with Crippen LogP contribution >= 0.6 is 11.8 Å². The zero-order chi connectivity index (χ0) is 17.6. The molecule has 1 fully saturated rings. The van der Waals surface area contributed by atoms with Crippen LogP contribution in [-0.2, 0) is 0 Å². The Bertz CT molecular complexity index is 604. The fourth-order valence-corrected chi connectivity index (χ4v) is 4.31. The number of thioether (sulfide) groups is 1. The lowest BCUT2D eigenvalue weighted by molar-refractivity contribution is 0.161. The molecule has 0 aromatic heterocycles. The van der Waals surface area contributed by atoms with Crippen LogP contribution in [0.5, 0.6) is 0 Å². The molecule has 9 nitrogen and oxygen atoms in total. The van der Waals surface area contributed by atoms with Crippen LogP contribution in [0.3, 0.4) is 0 Å². The molecule has 2 heterocycles. The topological polar surface area (TPSA) is 118 Å². The van der Waals surface area contributed by atoms with Gasteiger partial charge in [0, 0.05) is 5.75 Å². The quantitative estimate of drug-likeness (QED) is 0.384. The van der Waals surface area contributed by atoms with E-state index >= 15 is 0 Å². The van der Waals surface area contributed by atoms with Gasteiger partial charge in [-0.1, -0.05) is 29.1 Å². The number of hydrogen-bond acceptors (Lipinski definition) is 10. The van der Waals surface area contributed by atoms with E-state index in [-0.39, 0.29) is 6.17 Å². The van der Waals surface area contributed by atoms with Gasteiger partial charge in [-0.15, -0.1) is 10.2 Å². The second-order valence-corrected chi connectivity index (χ2v) is 7.61. The van der Waals surface area contributed by atoms with Gasteiger partial charge < -0.3 is 5.32 Å². The molecule has 0 aromatic carbocycles. The first-order valence-corrected chi connectivity index (χ1v) is 9.84. The molecule has 1 unspecified atom stereocenters. The van der Waals surface area contributed by atoms with Gasteiger partial charge in [-0.3, -0.25) is 0 Å². The largest absolute Gasteiger partial charge is 0.338 e. The summed E-state index contributed by atoms with van der Waals surface area (Å²) in [4.78, 5) is 14.6. The van der Waals surface area contributed by atoms with Crippen LogP contribution in [0.2, 0.25) is 0 Å². The summed E-state index contributed by atoms with van der Waals surface area (Å²) in [6.07, 6.45) is 6.03. The van der Waals surface area contributed by atoms with Crippen LogP contribution in [-0.4, -0.2) is 34.7 Å². The molecule has 25 heavy (non-hydrogen) atoms. The van der Waals surface area contributed by atoms with Crippen LogP contribution in [0.1, 0.15) is 45.4 Å². The van der Waals surface area contributed by atoms with Gasteiger partial charge in [-0.25, -0.2) is 15.5 Å². The number of amidine groups is 1. The van der Waals surface area contributed by atoms with E-state index in [1.165, 1.54) is 0 Å². The summed E-state index contributed by atoms with van der Waals surface area (Å²) >= 11 is 1.64. The summed E-state index contributed by atoms with van der Waals surface area (Å²) in [5.41, 5.74) is 8.01. The van der Waals surface area contributed by atoms with E-state index in [0.717, 1.165) is 49.4 Å². The van der Waals surface area contributed by atoms with Crippen molar-refractivity contribution in [1.82, 2.24) is 10.3 Å². The molecule has 1 aliphatic carbocycles. The van der Waals surface area contributed by atoms with Crippen LogP contribution in [0.4, 0.5) is 0 Å². The molecule has 10 heteroatoms. The summed E-state index contributed by atoms with van der Waals surface area (Å²) in [6.45, 7) is 2.53. The van der Waals surface area contributed by atoms with Crippen LogP contribution in [0.25, 0.3) is 0 Å². The molecule has 2 aliphatic heterocycles. The third-order valence-corrected chi connectivity index (χ3v) is 5.87.